The van der Waals surface area contributed by atoms with Crippen molar-refractivity contribution in [1.82, 2.24) is 15.1 Å². The van der Waals surface area contributed by atoms with E-state index in [1.807, 2.05) is 43.4 Å². The van der Waals surface area contributed by atoms with Gasteiger partial charge in [-0.05, 0) is 29.7 Å². The molecule has 1 heterocycles. The SMILES string of the molecule is CN(CCc1ccccc1)C(=O)NCC(c1cccc(Cl)c1)N1CCOCC1. The summed E-state index contributed by atoms with van der Waals surface area (Å²) < 4.78 is 5.48. The van der Waals surface area contributed by atoms with E-state index in [2.05, 4.69) is 28.4 Å². The molecule has 2 amide bonds. The molecule has 1 aliphatic heterocycles. The van der Waals surface area contributed by atoms with Crippen LogP contribution in [0.2, 0.25) is 5.02 Å². The molecule has 1 atom stereocenters. The van der Waals surface area contributed by atoms with E-state index in [1.54, 1.807) is 4.90 Å². The zero-order valence-corrected chi connectivity index (χ0v) is 17.1. The fourth-order valence-electron chi connectivity index (χ4n) is 3.42. The number of nitrogens with one attached hydrogen (secondary N) is 1. The zero-order chi connectivity index (χ0) is 19.8. The summed E-state index contributed by atoms with van der Waals surface area (Å²) in [6.07, 6.45) is 0.839. The molecule has 1 saturated heterocycles. The third kappa shape index (κ3) is 5.96. The van der Waals surface area contributed by atoms with Crippen molar-refractivity contribution < 1.29 is 9.53 Å². The van der Waals surface area contributed by atoms with E-state index < -0.39 is 0 Å². The molecule has 0 spiro atoms. The lowest BCUT2D eigenvalue weighted by Gasteiger charge is -2.35. The van der Waals surface area contributed by atoms with Crippen molar-refractivity contribution >= 4 is 17.6 Å². The molecule has 6 heteroatoms. The van der Waals surface area contributed by atoms with Crippen LogP contribution in [0.4, 0.5) is 4.79 Å². The van der Waals surface area contributed by atoms with Gasteiger partial charge in [0.2, 0.25) is 0 Å². The number of morpholine rings is 1. The molecule has 1 N–H and O–H groups in total. The standard InChI is InChI=1S/C22H28ClN3O2/c1-25(11-10-18-6-3-2-4-7-18)22(27)24-17-21(26-12-14-28-15-13-26)19-8-5-9-20(23)16-19/h2-9,16,21H,10-15,17H2,1H3,(H,24,27). The summed E-state index contributed by atoms with van der Waals surface area (Å²) in [6, 6.07) is 18.1. The van der Waals surface area contributed by atoms with E-state index in [4.69, 9.17) is 16.3 Å². The number of ether oxygens (including phenoxy) is 1. The molecule has 2 aromatic rings. The molecular formula is C22H28ClN3O2. The van der Waals surface area contributed by atoms with Crippen LogP contribution in [0.5, 0.6) is 0 Å². The smallest absolute Gasteiger partial charge is 0.317 e. The van der Waals surface area contributed by atoms with Gasteiger partial charge in [0.25, 0.3) is 0 Å². The molecule has 1 unspecified atom stereocenters. The lowest BCUT2D eigenvalue weighted by atomic mass is 10.0. The number of benzene rings is 2. The van der Waals surface area contributed by atoms with Gasteiger partial charge in [-0.2, -0.15) is 0 Å². The first-order valence-corrected chi connectivity index (χ1v) is 10.1. The number of nitrogens with zero attached hydrogens (tertiary/aromatic N) is 2. The Balaban J connectivity index is 1.58. The maximum Gasteiger partial charge on any atom is 0.317 e. The molecule has 0 bridgehead atoms. The maximum atomic E-state index is 12.6. The second-order valence-electron chi connectivity index (χ2n) is 7.06. The number of rotatable bonds is 7. The second-order valence-corrected chi connectivity index (χ2v) is 7.50. The first kappa shape index (κ1) is 20.6. The largest absolute Gasteiger partial charge is 0.379 e. The van der Waals surface area contributed by atoms with Crippen molar-refractivity contribution in [1.29, 1.82) is 0 Å². The highest BCUT2D eigenvalue weighted by Crippen LogP contribution is 2.24. The lowest BCUT2D eigenvalue weighted by molar-refractivity contribution is 0.0165. The van der Waals surface area contributed by atoms with Gasteiger partial charge < -0.3 is 15.0 Å². The Morgan fingerprint density at radius 2 is 1.93 bits per heavy atom. The molecule has 5 nitrogen and oxygen atoms in total. The van der Waals surface area contributed by atoms with Crippen LogP contribution < -0.4 is 5.32 Å². The first-order chi connectivity index (χ1) is 13.6. The van der Waals surface area contributed by atoms with Gasteiger partial charge in [0.1, 0.15) is 0 Å². The Hall–Kier alpha value is -2.08. The minimum atomic E-state index is -0.0591. The van der Waals surface area contributed by atoms with E-state index in [-0.39, 0.29) is 12.1 Å². The summed E-state index contributed by atoms with van der Waals surface area (Å²) in [6.45, 7) is 4.32. The summed E-state index contributed by atoms with van der Waals surface area (Å²) in [4.78, 5) is 16.7. The van der Waals surface area contributed by atoms with E-state index in [1.165, 1.54) is 5.56 Å². The predicted molar refractivity (Wildman–Crippen MR) is 113 cm³/mol. The Morgan fingerprint density at radius 3 is 2.64 bits per heavy atom. The van der Waals surface area contributed by atoms with E-state index in [0.717, 1.165) is 25.1 Å². The van der Waals surface area contributed by atoms with Gasteiger partial charge in [0.15, 0.2) is 0 Å². The fourth-order valence-corrected chi connectivity index (χ4v) is 3.62. The fraction of sp³-hybridized carbons (Fsp3) is 0.409. The highest BCUT2D eigenvalue weighted by atomic mass is 35.5. The number of amides is 2. The Morgan fingerprint density at radius 1 is 1.18 bits per heavy atom. The van der Waals surface area contributed by atoms with Crippen molar-refractivity contribution in [2.45, 2.75) is 12.5 Å². The average molecular weight is 402 g/mol. The van der Waals surface area contributed by atoms with Gasteiger partial charge in [-0.1, -0.05) is 54.1 Å². The van der Waals surface area contributed by atoms with Gasteiger partial charge in [-0.15, -0.1) is 0 Å². The van der Waals surface area contributed by atoms with Crippen LogP contribution in [-0.4, -0.2) is 62.3 Å². The number of halogens is 1. The van der Waals surface area contributed by atoms with Crippen LogP contribution in [-0.2, 0) is 11.2 Å². The monoisotopic (exact) mass is 401 g/mol. The second kappa shape index (κ2) is 10.5. The third-order valence-electron chi connectivity index (χ3n) is 5.09. The highest BCUT2D eigenvalue weighted by molar-refractivity contribution is 6.30. The molecule has 150 valence electrons. The molecule has 1 aliphatic rings. The zero-order valence-electron chi connectivity index (χ0n) is 16.3. The Kier molecular flexibility index (Phi) is 7.71. The Bertz CT molecular complexity index is 750. The molecule has 3 rings (SSSR count). The molecule has 1 fully saturated rings. The van der Waals surface area contributed by atoms with Gasteiger partial charge in [0.05, 0.1) is 19.3 Å². The van der Waals surface area contributed by atoms with Crippen LogP contribution in [0.1, 0.15) is 17.2 Å². The predicted octanol–water partition coefficient (Wildman–Crippen LogP) is 3.60. The minimum absolute atomic E-state index is 0.0591. The van der Waals surface area contributed by atoms with Gasteiger partial charge in [0, 0.05) is 38.2 Å². The van der Waals surface area contributed by atoms with Crippen molar-refractivity contribution in [2.75, 3.05) is 46.4 Å². The third-order valence-corrected chi connectivity index (χ3v) is 5.33. The molecule has 2 aromatic carbocycles. The summed E-state index contributed by atoms with van der Waals surface area (Å²) in [5.74, 6) is 0. The minimum Gasteiger partial charge on any atom is -0.379 e. The van der Waals surface area contributed by atoms with Crippen molar-refractivity contribution in [3.8, 4) is 0 Å². The van der Waals surface area contributed by atoms with E-state index >= 15 is 0 Å². The summed E-state index contributed by atoms with van der Waals surface area (Å²) in [5.41, 5.74) is 2.34. The van der Waals surface area contributed by atoms with Crippen molar-refractivity contribution in [2.24, 2.45) is 0 Å². The number of hydrogen-bond acceptors (Lipinski definition) is 3. The molecular weight excluding hydrogens is 374 g/mol. The van der Waals surface area contributed by atoms with Crippen molar-refractivity contribution in [3.63, 3.8) is 0 Å². The topological polar surface area (TPSA) is 44.8 Å². The number of urea groups is 1. The van der Waals surface area contributed by atoms with E-state index in [0.29, 0.717) is 31.3 Å². The molecule has 0 aromatic heterocycles. The summed E-state index contributed by atoms with van der Waals surface area (Å²) in [5, 5.41) is 3.81. The normalized spacial score (nSPS) is 15.8. The molecule has 0 aliphatic carbocycles. The average Bonchev–Trinajstić information content (AvgIpc) is 2.73. The van der Waals surface area contributed by atoms with Crippen LogP contribution in [0.15, 0.2) is 54.6 Å². The van der Waals surface area contributed by atoms with Gasteiger partial charge in [-0.25, -0.2) is 4.79 Å². The summed E-state index contributed by atoms with van der Waals surface area (Å²) >= 11 is 6.20. The van der Waals surface area contributed by atoms with Crippen LogP contribution in [0.3, 0.4) is 0 Å². The van der Waals surface area contributed by atoms with Crippen LogP contribution in [0, 0.1) is 0 Å². The Labute approximate surface area is 172 Å². The lowest BCUT2D eigenvalue weighted by Crippen LogP contribution is -2.46. The highest BCUT2D eigenvalue weighted by Gasteiger charge is 2.24. The first-order valence-electron chi connectivity index (χ1n) is 9.73. The number of carbonyl (C=O) groups is 1. The quantitative estimate of drug-likeness (QED) is 0.771. The molecule has 0 radical (unpaired) electrons. The van der Waals surface area contributed by atoms with Crippen LogP contribution >= 0.6 is 11.6 Å². The van der Waals surface area contributed by atoms with Crippen molar-refractivity contribution in [3.05, 3.63) is 70.7 Å². The number of likely N-dealkylation sites (N-methyl/N-ethyl adjacent to an activating group) is 1. The van der Waals surface area contributed by atoms with Gasteiger partial charge >= 0.3 is 6.03 Å². The van der Waals surface area contributed by atoms with Crippen LogP contribution in [0.25, 0.3) is 0 Å². The molecule has 0 saturated carbocycles. The van der Waals surface area contributed by atoms with Gasteiger partial charge in [-0.3, -0.25) is 4.90 Å². The molecule has 28 heavy (non-hydrogen) atoms. The van der Waals surface area contributed by atoms with E-state index in [9.17, 15) is 4.79 Å². The summed E-state index contributed by atoms with van der Waals surface area (Å²) in [7, 11) is 1.83. The maximum absolute atomic E-state index is 12.6. The number of carbonyl (C=O) groups excluding carboxylic acids is 1. The number of hydrogen-bond donors (Lipinski definition) is 1.